The van der Waals surface area contributed by atoms with Gasteiger partial charge in [0.05, 0.1) is 0 Å². The van der Waals surface area contributed by atoms with Crippen LogP contribution in [0.15, 0.2) is 52.3 Å². The Hall–Kier alpha value is -0.670. The predicted molar refractivity (Wildman–Crippen MR) is 93.7 cm³/mol. The van der Waals surface area contributed by atoms with Crippen molar-refractivity contribution in [3.05, 3.63) is 58.1 Å². The molecule has 2 aromatic rings. The largest absolute Gasteiger partial charge is 0.310 e. The fraction of sp³-hybridized carbons (Fsp3) is 0.294. The van der Waals surface area contributed by atoms with E-state index in [2.05, 4.69) is 31.3 Å². The molecule has 0 aliphatic heterocycles. The van der Waals surface area contributed by atoms with Crippen molar-refractivity contribution < 1.29 is 0 Å². The average molecular weight is 340 g/mol. The summed E-state index contributed by atoms with van der Waals surface area (Å²) in [5.41, 5.74) is 1.14. The van der Waals surface area contributed by atoms with Crippen LogP contribution in [0.1, 0.15) is 31.9 Å². The topological polar surface area (TPSA) is 12.0 Å². The van der Waals surface area contributed by atoms with Crippen molar-refractivity contribution in [2.24, 2.45) is 0 Å². The van der Waals surface area contributed by atoms with Crippen LogP contribution in [0, 0.1) is 0 Å². The van der Waals surface area contributed by atoms with Gasteiger partial charge in [-0.25, -0.2) is 0 Å². The van der Waals surface area contributed by atoms with Gasteiger partial charge in [0.25, 0.3) is 0 Å². The van der Waals surface area contributed by atoms with Crippen LogP contribution in [0.2, 0.25) is 10.0 Å². The van der Waals surface area contributed by atoms with Crippen molar-refractivity contribution in [3.63, 3.8) is 0 Å². The van der Waals surface area contributed by atoms with Gasteiger partial charge in [-0.2, -0.15) is 0 Å². The summed E-state index contributed by atoms with van der Waals surface area (Å²) in [5.74, 6) is 0. The maximum absolute atomic E-state index is 6.42. The van der Waals surface area contributed by atoms with Gasteiger partial charge in [0.15, 0.2) is 0 Å². The minimum absolute atomic E-state index is 0.266. The lowest BCUT2D eigenvalue weighted by Gasteiger charge is -2.16. The molecule has 4 heteroatoms. The van der Waals surface area contributed by atoms with Gasteiger partial charge in [-0.15, -0.1) is 0 Å². The molecule has 1 atom stereocenters. The Kier molecular flexibility index (Phi) is 6.43. The van der Waals surface area contributed by atoms with Crippen molar-refractivity contribution in [2.45, 2.75) is 36.1 Å². The van der Waals surface area contributed by atoms with Crippen LogP contribution in [0.5, 0.6) is 0 Å². The lowest BCUT2D eigenvalue weighted by molar-refractivity contribution is 0.570. The first kappa shape index (κ1) is 16.7. The number of nitrogens with one attached hydrogen (secondary N) is 1. The molecule has 0 radical (unpaired) electrons. The normalized spacial score (nSPS) is 12.4. The van der Waals surface area contributed by atoms with Gasteiger partial charge in [-0.3, -0.25) is 0 Å². The molecule has 2 rings (SSSR count). The molecule has 0 saturated heterocycles. The standard InChI is InChI=1S/C17H19Cl2NS/c1-3-9-20-12(2)16-8-7-15(11-17(16)19)21-14-6-4-5-13(18)10-14/h4-8,10-12,20H,3,9H2,1-2H3. The van der Waals surface area contributed by atoms with Crippen LogP contribution in [-0.2, 0) is 0 Å². The summed E-state index contributed by atoms with van der Waals surface area (Å²) < 4.78 is 0. The summed E-state index contributed by atoms with van der Waals surface area (Å²) >= 11 is 14.1. The molecule has 112 valence electrons. The molecule has 1 nitrogen and oxygen atoms in total. The van der Waals surface area contributed by atoms with E-state index in [1.165, 1.54) is 0 Å². The maximum Gasteiger partial charge on any atom is 0.0464 e. The molecule has 0 aliphatic carbocycles. The van der Waals surface area contributed by atoms with Gasteiger partial charge in [0, 0.05) is 25.9 Å². The minimum Gasteiger partial charge on any atom is -0.310 e. The van der Waals surface area contributed by atoms with Crippen LogP contribution in [0.3, 0.4) is 0 Å². The Balaban J connectivity index is 2.11. The highest BCUT2D eigenvalue weighted by atomic mass is 35.5. The Bertz CT molecular complexity index is 601. The number of benzene rings is 2. The van der Waals surface area contributed by atoms with E-state index in [4.69, 9.17) is 23.2 Å². The monoisotopic (exact) mass is 339 g/mol. The molecule has 0 fully saturated rings. The van der Waals surface area contributed by atoms with Crippen LogP contribution < -0.4 is 5.32 Å². The van der Waals surface area contributed by atoms with E-state index in [0.29, 0.717) is 0 Å². The van der Waals surface area contributed by atoms with Gasteiger partial charge in [0.1, 0.15) is 0 Å². The first-order chi connectivity index (χ1) is 10.1. The predicted octanol–water partition coefficient (Wildman–Crippen LogP) is 6.21. The third-order valence-electron chi connectivity index (χ3n) is 3.17. The zero-order chi connectivity index (χ0) is 15.2. The van der Waals surface area contributed by atoms with Crippen LogP contribution >= 0.6 is 35.0 Å². The highest BCUT2D eigenvalue weighted by Crippen LogP contribution is 2.33. The molecular weight excluding hydrogens is 321 g/mol. The molecule has 0 heterocycles. The Morgan fingerprint density at radius 3 is 2.52 bits per heavy atom. The molecule has 21 heavy (non-hydrogen) atoms. The van der Waals surface area contributed by atoms with E-state index >= 15 is 0 Å². The fourth-order valence-corrected chi connectivity index (χ4v) is 3.64. The number of hydrogen-bond donors (Lipinski definition) is 1. The van der Waals surface area contributed by atoms with Crippen molar-refractivity contribution in [2.75, 3.05) is 6.54 Å². The Labute approximate surface area is 141 Å². The minimum atomic E-state index is 0.266. The summed E-state index contributed by atoms with van der Waals surface area (Å²) in [7, 11) is 0. The highest BCUT2D eigenvalue weighted by molar-refractivity contribution is 7.99. The molecule has 0 amide bonds. The zero-order valence-corrected chi connectivity index (χ0v) is 14.5. The van der Waals surface area contributed by atoms with Crippen molar-refractivity contribution in [3.8, 4) is 0 Å². The third-order valence-corrected chi connectivity index (χ3v) is 4.71. The summed E-state index contributed by atoms with van der Waals surface area (Å²) in [6.07, 6.45) is 1.12. The van der Waals surface area contributed by atoms with Crippen LogP contribution in [0.25, 0.3) is 0 Å². The first-order valence-electron chi connectivity index (χ1n) is 7.06. The van der Waals surface area contributed by atoms with Crippen molar-refractivity contribution in [1.29, 1.82) is 0 Å². The summed E-state index contributed by atoms with van der Waals surface area (Å²) in [6, 6.07) is 14.3. The van der Waals surface area contributed by atoms with E-state index in [9.17, 15) is 0 Å². The SMILES string of the molecule is CCCNC(C)c1ccc(Sc2cccc(Cl)c2)cc1Cl. The van der Waals surface area contributed by atoms with E-state index < -0.39 is 0 Å². The number of halogens is 2. The molecule has 0 spiro atoms. The Morgan fingerprint density at radius 2 is 1.86 bits per heavy atom. The van der Waals surface area contributed by atoms with Gasteiger partial charge in [0.2, 0.25) is 0 Å². The van der Waals surface area contributed by atoms with E-state index in [1.807, 2.05) is 30.3 Å². The fourth-order valence-electron chi connectivity index (χ4n) is 2.06. The lowest BCUT2D eigenvalue weighted by Crippen LogP contribution is -2.19. The molecule has 1 unspecified atom stereocenters. The first-order valence-corrected chi connectivity index (χ1v) is 8.63. The van der Waals surface area contributed by atoms with Crippen LogP contribution in [-0.4, -0.2) is 6.54 Å². The van der Waals surface area contributed by atoms with E-state index in [1.54, 1.807) is 11.8 Å². The second kappa shape index (κ2) is 8.09. The quantitative estimate of drug-likeness (QED) is 0.671. The zero-order valence-electron chi connectivity index (χ0n) is 12.2. The van der Waals surface area contributed by atoms with Gasteiger partial charge < -0.3 is 5.32 Å². The summed E-state index contributed by atoms with van der Waals surface area (Å²) in [6.45, 7) is 5.29. The Morgan fingerprint density at radius 1 is 1.10 bits per heavy atom. The van der Waals surface area contributed by atoms with Gasteiger partial charge in [-0.1, -0.05) is 54.0 Å². The smallest absolute Gasteiger partial charge is 0.0464 e. The molecule has 1 N–H and O–H groups in total. The lowest BCUT2D eigenvalue weighted by atomic mass is 10.1. The summed E-state index contributed by atoms with van der Waals surface area (Å²) in [4.78, 5) is 2.23. The molecule has 2 aromatic carbocycles. The summed E-state index contributed by atoms with van der Waals surface area (Å²) in [5, 5.41) is 5.01. The van der Waals surface area contributed by atoms with Crippen LogP contribution in [0.4, 0.5) is 0 Å². The number of rotatable bonds is 6. The molecule has 0 aliphatic rings. The second-order valence-corrected chi connectivity index (χ2v) is 6.91. The molecule has 0 bridgehead atoms. The number of hydrogen-bond acceptors (Lipinski definition) is 2. The van der Waals surface area contributed by atoms with Crippen molar-refractivity contribution >= 4 is 35.0 Å². The van der Waals surface area contributed by atoms with Gasteiger partial charge >= 0.3 is 0 Å². The second-order valence-electron chi connectivity index (χ2n) is 4.92. The maximum atomic E-state index is 6.42. The van der Waals surface area contributed by atoms with E-state index in [0.717, 1.165) is 38.4 Å². The average Bonchev–Trinajstić information content (AvgIpc) is 2.45. The van der Waals surface area contributed by atoms with E-state index in [-0.39, 0.29) is 6.04 Å². The van der Waals surface area contributed by atoms with Crippen molar-refractivity contribution in [1.82, 2.24) is 5.32 Å². The molecule has 0 saturated carbocycles. The third kappa shape index (κ3) is 4.93. The molecular formula is C17H19Cl2NS. The highest BCUT2D eigenvalue weighted by Gasteiger charge is 2.10. The van der Waals surface area contributed by atoms with Gasteiger partial charge in [-0.05, 0) is 55.8 Å². The molecule has 0 aromatic heterocycles.